The zero-order valence-electron chi connectivity index (χ0n) is 38.5. The van der Waals surface area contributed by atoms with Crippen LogP contribution >= 0.6 is 0 Å². The minimum Gasteiger partial charge on any atom is -0.481 e. The molecule has 21 atom stereocenters. The molecule has 9 fully saturated rings. The van der Waals surface area contributed by atoms with E-state index >= 15 is 0 Å². The zero-order chi connectivity index (χ0) is 42.6. The van der Waals surface area contributed by atoms with E-state index in [1.807, 2.05) is 0 Å². The van der Waals surface area contributed by atoms with E-state index in [-0.39, 0.29) is 89.7 Å². The first-order valence-electron chi connectivity index (χ1n) is 24.8. The molecule has 5 aliphatic heterocycles. The number of carboxylic acid groups (broad SMARTS) is 2. The van der Waals surface area contributed by atoms with Crippen LogP contribution in [-0.4, -0.2) is 71.5 Å². The summed E-state index contributed by atoms with van der Waals surface area (Å²) in [6.07, 6.45) is 14.1. The second-order valence-electron chi connectivity index (χ2n) is 25.1. The maximum absolute atomic E-state index is 13.0. The molecule has 0 aromatic heterocycles. The van der Waals surface area contributed by atoms with E-state index in [9.17, 15) is 19.8 Å². The minimum atomic E-state index is -1.02. The third-order valence-corrected chi connectivity index (χ3v) is 19.1. The molecule has 9 aliphatic rings. The molecule has 5 saturated heterocycles. The van der Waals surface area contributed by atoms with Crippen molar-refractivity contribution >= 4 is 11.9 Å². The average Bonchev–Trinajstić information content (AvgIpc) is 3.90. The molecule has 12 nitrogen and oxygen atoms in total. The number of carbonyl (C=O) groups is 2. The first kappa shape index (κ1) is 43.9. The number of aliphatic carboxylic acids is 2. The number of rotatable bonds is 4. The Kier molecular flexibility index (Phi) is 11.9. The Morgan fingerprint density at radius 3 is 1.12 bits per heavy atom. The number of hydrogen-bond donors (Lipinski definition) is 10. The van der Waals surface area contributed by atoms with Crippen molar-refractivity contribution < 1.29 is 19.8 Å². The van der Waals surface area contributed by atoms with Gasteiger partial charge in [0.05, 0.1) is 61.7 Å². The summed E-state index contributed by atoms with van der Waals surface area (Å²) in [5.41, 5.74) is 0.777. The van der Waals surface area contributed by atoms with Crippen LogP contribution in [0.2, 0.25) is 0 Å². The van der Waals surface area contributed by atoms with Gasteiger partial charge >= 0.3 is 11.9 Å². The summed E-state index contributed by atoms with van der Waals surface area (Å²) in [7, 11) is 0. The Labute approximate surface area is 361 Å². The van der Waals surface area contributed by atoms with Crippen molar-refractivity contribution in [2.75, 3.05) is 0 Å². The highest BCUT2D eigenvalue weighted by molar-refractivity contribution is 5.78. The fourth-order valence-corrected chi connectivity index (χ4v) is 15.6. The summed E-state index contributed by atoms with van der Waals surface area (Å²) < 4.78 is 0. The molecule has 4 aliphatic carbocycles. The maximum Gasteiger partial charge on any atom is 0.307 e. The topological polar surface area (TPSA) is 171 Å². The van der Waals surface area contributed by atoms with Crippen LogP contribution in [0.4, 0.5) is 0 Å². The normalized spacial score (nSPS) is 48.7. The van der Waals surface area contributed by atoms with Gasteiger partial charge in [-0.3, -0.25) is 52.1 Å². The van der Waals surface area contributed by atoms with Gasteiger partial charge in [0.15, 0.2) is 0 Å². The fraction of sp³-hybridized carbons (Fsp3) is 0.958. The molecule has 10 N–H and O–H groups in total. The largest absolute Gasteiger partial charge is 0.481 e. The van der Waals surface area contributed by atoms with Gasteiger partial charge in [0.1, 0.15) is 0 Å². The van der Waals surface area contributed by atoms with Gasteiger partial charge in [0, 0.05) is 0 Å². The van der Waals surface area contributed by atoms with Crippen molar-refractivity contribution in [3.63, 3.8) is 0 Å². The Morgan fingerprint density at radius 2 is 0.783 bits per heavy atom. The van der Waals surface area contributed by atoms with Gasteiger partial charge in [0.2, 0.25) is 0 Å². The molecule has 0 aromatic carbocycles. The monoisotopic (exact) mass is 837 g/mol. The summed E-state index contributed by atoms with van der Waals surface area (Å²) >= 11 is 0. The van der Waals surface area contributed by atoms with Crippen molar-refractivity contribution in [3.8, 4) is 0 Å². The lowest BCUT2D eigenvalue weighted by Crippen LogP contribution is -2.62. The van der Waals surface area contributed by atoms with Gasteiger partial charge < -0.3 is 10.2 Å². The van der Waals surface area contributed by atoms with E-state index in [1.165, 1.54) is 51.4 Å². The van der Waals surface area contributed by atoms with Crippen LogP contribution in [0.1, 0.15) is 146 Å². The Balaban J connectivity index is 1.09. The molecule has 0 spiro atoms. The molecule has 4 saturated carbocycles. The first-order valence-corrected chi connectivity index (χ1v) is 24.8. The summed E-state index contributed by atoms with van der Waals surface area (Å²) in [6.45, 7) is 21.9. The summed E-state index contributed by atoms with van der Waals surface area (Å²) in [5.74, 6) is 2.08. The van der Waals surface area contributed by atoms with E-state index in [4.69, 9.17) is 0 Å². The van der Waals surface area contributed by atoms with Crippen molar-refractivity contribution in [1.29, 1.82) is 0 Å². The summed E-state index contributed by atoms with van der Waals surface area (Å²) in [5, 5.41) is 54.5. The lowest BCUT2D eigenvalue weighted by molar-refractivity contribution is -0.152. The third-order valence-electron chi connectivity index (χ3n) is 19.1. The molecule has 12 heteroatoms. The lowest BCUT2D eigenvalue weighted by Gasteiger charge is -2.44. The minimum absolute atomic E-state index is 0.00166. The molecule has 9 rings (SSSR count). The predicted molar refractivity (Wildman–Crippen MR) is 234 cm³/mol. The molecule has 8 bridgehead atoms. The van der Waals surface area contributed by atoms with Gasteiger partial charge in [-0.1, -0.05) is 68.7 Å². The van der Waals surface area contributed by atoms with Crippen molar-refractivity contribution in [3.05, 3.63) is 0 Å². The fourth-order valence-electron chi connectivity index (χ4n) is 15.6. The van der Waals surface area contributed by atoms with Crippen LogP contribution in [0, 0.1) is 93.2 Å². The van der Waals surface area contributed by atoms with Crippen LogP contribution < -0.4 is 42.5 Å². The molecule has 0 aromatic rings. The second-order valence-corrected chi connectivity index (χ2v) is 25.1. The number of nitrogens with one attached hydrogen (secondary N) is 8. The molecular formula is C48H84N8O4. The Bertz CT molecular complexity index is 1560. The van der Waals surface area contributed by atoms with Gasteiger partial charge in [0.25, 0.3) is 0 Å². The van der Waals surface area contributed by atoms with E-state index in [1.54, 1.807) is 0 Å². The molecule has 0 radical (unpaired) electrons. The highest BCUT2D eigenvalue weighted by Gasteiger charge is 2.58. The van der Waals surface area contributed by atoms with E-state index < -0.39 is 17.9 Å². The van der Waals surface area contributed by atoms with Crippen molar-refractivity contribution in [2.45, 2.75) is 195 Å². The Morgan fingerprint density at radius 1 is 0.450 bits per heavy atom. The molecule has 0 amide bonds. The van der Waals surface area contributed by atoms with Crippen LogP contribution in [0.15, 0.2) is 0 Å². The van der Waals surface area contributed by atoms with E-state index in [0.717, 1.165) is 25.7 Å². The van der Waals surface area contributed by atoms with Gasteiger partial charge in [-0.2, -0.15) is 0 Å². The summed E-state index contributed by atoms with van der Waals surface area (Å²) in [4.78, 5) is 25.2. The van der Waals surface area contributed by atoms with Crippen LogP contribution in [0.5, 0.6) is 0 Å². The highest BCUT2D eigenvalue weighted by Crippen LogP contribution is 2.53. The van der Waals surface area contributed by atoms with E-state index in [0.29, 0.717) is 53.3 Å². The first-order chi connectivity index (χ1) is 28.2. The van der Waals surface area contributed by atoms with Crippen LogP contribution in [0.3, 0.4) is 0 Å². The van der Waals surface area contributed by atoms with Crippen molar-refractivity contribution in [2.24, 2.45) is 93.2 Å². The van der Waals surface area contributed by atoms with Gasteiger partial charge in [-0.15, -0.1) is 0 Å². The van der Waals surface area contributed by atoms with Gasteiger partial charge in [-0.05, 0) is 158 Å². The molecule has 340 valence electrons. The Hall–Kier alpha value is -1.38. The highest BCUT2D eigenvalue weighted by atomic mass is 16.4. The maximum atomic E-state index is 13.0. The quantitative estimate of drug-likeness (QED) is 0.165. The number of carboxylic acids is 2. The van der Waals surface area contributed by atoms with Crippen molar-refractivity contribution in [1.82, 2.24) is 42.5 Å². The lowest BCUT2D eigenvalue weighted by atomic mass is 9.64. The number of hydrogen-bond acceptors (Lipinski definition) is 10. The summed E-state index contributed by atoms with van der Waals surface area (Å²) in [6, 6.07) is 0. The molecular weight excluding hydrogens is 753 g/mol. The molecule has 21 unspecified atom stereocenters. The smallest absolute Gasteiger partial charge is 0.307 e. The van der Waals surface area contributed by atoms with Crippen LogP contribution in [0.25, 0.3) is 0 Å². The molecule has 60 heavy (non-hydrogen) atoms. The predicted octanol–water partition coefficient (Wildman–Crippen LogP) is 5.82. The van der Waals surface area contributed by atoms with Gasteiger partial charge in [-0.25, -0.2) is 0 Å². The SMILES string of the molecule is CC(C)(C)C1CCC2C3NC(NC4NC(NC5NC(NC6NC(N3)C3CC(C(C)(C)C)CCC63)C3C5CCCC3C(CC(=O)O)C(=O)O)C3CC(C(C)(C)C)CCC43)C2C1. The second kappa shape index (κ2) is 16.2. The standard InChI is InChI=1S/C48H84N8O4/c1-46(2,3)23-13-16-27-31(19-23)41-49-37(27)51-42-33-21-25(48(7,8)9)15-18-29(33)39(53-42)55-44-36-26(34(45(59)60)22-35(57)58)11-10-12-30(36)40(56-44)54-43-32-20-24(47(4,5)6)14-17-28(32)38(50-41)52-43/h23-34,36-44,49-56H,10-22H2,1-9H3,(H,57,58)(H,59,60). The third kappa shape index (κ3) is 8.26. The molecule has 5 heterocycles. The van der Waals surface area contributed by atoms with E-state index in [2.05, 4.69) is 105 Å². The zero-order valence-corrected chi connectivity index (χ0v) is 38.5. The average molecular weight is 837 g/mol. The number of fused-ring (bicyclic) bond motifs is 20. The van der Waals surface area contributed by atoms with Crippen LogP contribution in [-0.2, 0) is 9.59 Å².